The fraction of sp³-hybridized carbons (Fsp3) is 0.296. The number of phenols is 1. The van der Waals surface area contributed by atoms with Crippen LogP contribution in [0.15, 0.2) is 53.1 Å². The second-order valence-electron chi connectivity index (χ2n) is 8.28. The third kappa shape index (κ3) is 4.59. The molecule has 1 aromatic heterocycles. The van der Waals surface area contributed by atoms with Crippen molar-refractivity contribution in [2.45, 2.75) is 25.8 Å². The van der Waals surface area contributed by atoms with E-state index in [1.54, 1.807) is 31.6 Å². The summed E-state index contributed by atoms with van der Waals surface area (Å²) in [6.45, 7) is 2.48. The number of aromatic hydroxyl groups is 1. The van der Waals surface area contributed by atoms with E-state index in [-0.39, 0.29) is 23.5 Å². The zero-order valence-electron chi connectivity index (χ0n) is 19.8. The van der Waals surface area contributed by atoms with Crippen molar-refractivity contribution in [2.75, 3.05) is 21.3 Å². The van der Waals surface area contributed by atoms with Gasteiger partial charge in [-0.2, -0.15) is 0 Å². The molecule has 178 valence electrons. The number of hydrogen-bond acceptors (Lipinski definition) is 6. The van der Waals surface area contributed by atoms with Crippen molar-refractivity contribution in [3.05, 3.63) is 71.2 Å². The fourth-order valence-electron chi connectivity index (χ4n) is 4.51. The molecule has 0 saturated carbocycles. The minimum Gasteiger partial charge on any atom is -0.502 e. The number of furan rings is 1. The normalized spacial score (nSPS) is 17.9. The predicted molar refractivity (Wildman–Crippen MR) is 129 cm³/mol. The molecule has 2 aromatic carbocycles. The van der Waals surface area contributed by atoms with E-state index in [9.17, 15) is 9.90 Å². The number of ether oxygens (including phenoxy) is 3. The summed E-state index contributed by atoms with van der Waals surface area (Å²) in [6.07, 6.45) is 3.98. The standard InChI is InChI=1S/C27H29NO6/c1-16-21(10-17-11-24(32-3)27(30)25(12-17)33-4)20-8-7-18(31-2)13-23(20)22(16)14-26(29)28-15-19-6-5-9-34-19/h5-13,16,22,30H,14-15H2,1-4H3,(H,28,29)/b21-10-. The van der Waals surface area contributed by atoms with Crippen molar-refractivity contribution in [1.29, 1.82) is 0 Å². The van der Waals surface area contributed by atoms with Crippen molar-refractivity contribution < 1.29 is 28.5 Å². The number of allylic oxidation sites excluding steroid dienone is 1. The summed E-state index contributed by atoms with van der Waals surface area (Å²) in [5, 5.41) is 13.2. The van der Waals surface area contributed by atoms with Gasteiger partial charge in [-0.05, 0) is 70.5 Å². The highest BCUT2D eigenvalue weighted by molar-refractivity contribution is 5.90. The first-order valence-corrected chi connectivity index (χ1v) is 11.1. The number of benzene rings is 2. The van der Waals surface area contributed by atoms with Gasteiger partial charge in [-0.15, -0.1) is 0 Å². The molecule has 2 atom stereocenters. The van der Waals surface area contributed by atoms with Crippen LogP contribution in [0.1, 0.15) is 41.7 Å². The van der Waals surface area contributed by atoms with Gasteiger partial charge in [0, 0.05) is 6.42 Å². The molecule has 1 amide bonds. The molecule has 7 nitrogen and oxygen atoms in total. The van der Waals surface area contributed by atoms with Crippen LogP contribution in [0.25, 0.3) is 11.6 Å². The van der Waals surface area contributed by atoms with E-state index in [0.717, 1.165) is 28.0 Å². The van der Waals surface area contributed by atoms with Crippen LogP contribution in [0, 0.1) is 5.92 Å². The minimum absolute atomic E-state index is 0.0196. The number of phenolic OH excluding ortho intramolecular Hbond substituents is 1. The third-order valence-electron chi connectivity index (χ3n) is 6.33. The van der Waals surface area contributed by atoms with Crippen molar-refractivity contribution in [2.24, 2.45) is 5.92 Å². The number of rotatable bonds is 8. The summed E-state index contributed by atoms with van der Waals surface area (Å²) in [4.78, 5) is 12.8. The lowest BCUT2D eigenvalue weighted by Gasteiger charge is -2.17. The lowest BCUT2D eigenvalue weighted by Crippen LogP contribution is -2.25. The summed E-state index contributed by atoms with van der Waals surface area (Å²) in [6, 6.07) is 13.1. The molecule has 34 heavy (non-hydrogen) atoms. The first kappa shape index (κ1) is 23.3. The molecule has 0 saturated heterocycles. The Labute approximate surface area is 199 Å². The maximum Gasteiger partial charge on any atom is 0.221 e. The Morgan fingerprint density at radius 3 is 2.44 bits per heavy atom. The predicted octanol–water partition coefficient (Wildman–Crippen LogP) is 4.99. The van der Waals surface area contributed by atoms with Gasteiger partial charge in [0.25, 0.3) is 0 Å². The monoisotopic (exact) mass is 463 g/mol. The van der Waals surface area contributed by atoms with E-state index in [2.05, 4.69) is 18.3 Å². The molecule has 7 heteroatoms. The second-order valence-corrected chi connectivity index (χ2v) is 8.28. The van der Waals surface area contributed by atoms with Crippen molar-refractivity contribution in [3.63, 3.8) is 0 Å². The van der Waals surface area contributed by atoms with Crippen LogP contribution in [0.2, 0.25) is 0 Å². The van der Waals surface area contributed by atoms with Gasteiger partial charge in [-0.1, -0.05) is 19.1 Å². The summed E-state index contributed by atoms with van der Waals surface area (Å²) in [7, 11) is 4.64. The highest BCUT2D eigenvalue weighted by atomic mass is 16.5. The lowest BCUT2D eigenvalue weighted by atomic mass is 9.88. The summed E-state index contributed by atoms with van der Waals surface area (Å²) >= 11 is 0. The summed E-state index contributed by atoms with van der Waals surface area (Å²) < 4.78 is 21.4. The Kier molecular flexibility index (Phi) is 6.82. The molecular formula is C27H29NO6. The number of amides is 1. The molecule has 1 heterocycles. The molecular weight excluding hydrogens is 434 g/mol. The summed E-state index contributed by atoms with van der Waals surface area (Å²) in [5.74, 6) is 2.10. The highest BCUT2D eigenvalue weighted by Crippen LogP contribution is 2.50. The van der Waals surface area contributed by atoms with E-state index in [1.807, 2.05) is 24.3 Å². The number of methoxy groups -OCH3 is 3. The van der Waals surface area contributed by atoms with Crippen molar-refractivity contribution in [3.8, 4) is 23.0 Å². The van der Waals surface area contributed by atoms with E-state index < -0.39 is 0 Å². The minimum atomic E-state index is -0.0451. The largest absolute Gasteiger partial charge is 0.502 e. The Morgan fingerprint density at radius 1 is 1.09 bits per heavy atom. The van der Waals surface area contributed by atoms with E-state index >= 15 is 0 Å². The molecule has 0 spiro atoms. The third-order valence-corrected chi connectivity index (χ3v) is 6.33. The average molecular weight is 464 g/mol. The van der Waals surface area contributed by atoms with Gasteiger partial charge in [0.05, 0.1) is 34.1 Å². The number of carbonyl (C=O) groups is 1. The Balaban J connectivity index is 1.67. The maximum absolute atomic E-state index is 12.8. The van der Waals surface area contributed by atoms with Crippen molar-refractivity contribution in [1.82, 2.24) is 5.32 Å². The molecule has 1 aliphatic rings. The smallest absolute Gasteiger partial charge is 0.221 e. The Bertz CT molecular complexity index is 1170. The first-order valence-electron chi connectivity index (χ1n) is 11.1. The first-order chi connectivity index (χ1) is 16.4. The van der Waals surface area contributed by atoms with Crippen LogP contribution >= 0.6 is 0 Å². The van der Waals surface area contributed by atoms with Crippen LogP contribution < -0.4 is 19.5 Å². The highest BCUT2D eigenvalue weighted by Gasteiger charge is 2.35. The average Bonchev–Trinajstić information content (AvgIpc) is 3.46. The maximum atomic E-state index is 12.8. The van der Waals surface area contributed by atoms with Crippen LogP contribution in [0.5, 0.6) is 23.0 Å². The second kappa shape index (κ2) is 9.95. The molecule has 0 aliphatic heterocycles. The molecule has 1 aliphatic carbocycles. The Morgan fingerprint density at radius 2 is 1.82 bits per heavy atom. The van der Waals surface area contributed by atoms with E-state index in [4.69, 9.17) is 18.6 Å². The summed E-state index contributed by atoms with van der Waals surface area (Å²) in [5.41, 5.74) is 4.07. The lowest BCUT2D eigenvalue weighted by molar-refractivity contribution is -0.121. The van der Waals surface area contributed by atoms with Gasteiger partial charge in [-0.25, -0.2) is 0 Å². The molecule has 0 bridgehead atoms. The van der Waals surface area contributed by atoms with Crippen LogP contribution in [-0.2, 0) is 11.3 Å². The fourth-order valence-corrected chi connectivity index (χ4v) is 4.51. The van der Waals surface area contributed by atoms with Gasteiger partial charge in [0.15, 0.2) is 11.5 Å². The SMILES string of the molecule is COc1ccc2c(c1)C(CC(=O)NCc1ccco1)C(C)/C2=C/c1cc(OC)c(O)c(OC)c1. The van der Waals surface area contributed by atoms with Gasteiger partial charge in [-0.3, -0.25) is 4.79 Å². The Hall–Kier alpha value is -3.87. The van der Waals surface area contributed by atoms with Gasteiger partial charge in [0.2, 0.25) is 11.7 Å². The molecule has 0 fully saturated rings. The van der Waals surface area contributed by atoms with E-state index in [1.165, 1.54) is 14.2 Å². The van der Waals surface area contributed by atoms with Crippen molar-refractivity contribution >= 4 is 17.6 Å². The number of fused-ring (bicyclic) bond motifs is 1. The number of carbonyl (C=O) groups excluding carboxylic acids is 1. The molecule has 3 aromatic rings. The van der Waals surface area contributed by atoms with Crippen LogP contribution in [-0.4, -0.2) is 32.3 Å². The quantitative estimate of drug-likeness (QED) is 0.489. The molecule has 2 N–H and O–H groups in total. The number of nitrogens with one attached hydrogen (secondary N) is 1. The topological polar surface area (TPSA) is 90.2 Å². The van der Waals surface area contributed by atoms with Gasteiger partial charge in [0.1, 0.15) is 11.5 Å². The van der Waals surface area contributed by atoms with E-state index in [0.29, 0.717) is 30.2 Å². The van der Waals surface area contributed by atoms with Crippen LogP contribution in [0.4, 0.5) is 0 Å². The molecule has 0 radical (unpaired) electrons. The molecule has 4 rings (SSSR count). The zero-order valence-corrected chi connectivity index (χ0v) is 19.8. The van der Waals surface area contributed by atoms with Crippen LogP contribution in [0.3, 0.4) is 0 Å². The van der Waals surface area contributed by atoms with Gasteiger partial charge >= 0.3 is 0 Å². The van der Waals surface area contributed by atoms with Gasteiger partial charge < -0.3 is 29.1 Å². The zero-order chi connectivity index (χ0) is 24.2. The number of hydrogen-bond donors (Lipinski definition) is 2. The molecule has 2 unspecified atom stereocenters.